The highest BCUT2D eigenvalue weighted by atomic mass is 35.5. The topological polar surface area (TPSA) is 59.8 Å². The molecule has 0 radical (unpaired) electrons. The van der Waals surface area contributed by atoms with E-state index in [1.165, 1.54) is 30.0 Å². The molecule has 3 aromatic rings. The van der Waals surface area contributed by atoms with Gasteiger partial charge in [0.1, 0.15) is 5.82 Å². The number of hydrogen-bond donors (Lipinski definition) is 1. The molecule has 1 aromatic heterocycles. The molecule has 1 amide bonds. The minimum Gasteiger partial charge on any atom is -0.325 e. The summed E-state index contributed by atoms with van der Waals surface area (Å²) in [6.07, 6.45) is 1.75. The van der Waals surface area contributed by atoms with Crippen LogP contribution in [0.4, 0.5) is 10.1 Å². The maximum Gasteiger partial charge on any atom is 0.234 e. The molecule has 0 fully saturated rings. The highest BCUT2D eigenvalue weighted by Gasteiger charge is 2.15. The molecule has 0 spiro atoms. The first-order valence-electron chi connectivity index (χ1n) is 8.05. The second-order valence-electron chi connectivity index (χ2n) is 5.54. The maximum absolute atomic E-state index is 13.2. The minimum atomic E-state index is -0.532. The molecule has 1 heterocycles. The number of amides is 1. The number of anilines is 1. The number of hydrogen-bond acceptors (Lipinski definition) is 4. The number of nitrogens with one attached hydrogen (secondary N) is 1. The van der Waals surface area contributed by atoms with Gasteiger partial charge in [0, 0.05) is 17.8 Å². The second-order valence-corrected chi connectivity index (χ2v) is 6.89. The summed E-state index contributed by atoms with van der Waals surface area (Å²) >= 11 is 6.98. The lowest BCUT2D eigenvalue weighted by molar-refractivity contribution is -0.113. The standard InChI is InChI=1S/C19H16ClFN4OS/c1-2-10-25-18(13-6-4-3-5-7-13)23-24-19(25)27-12-17(26)22-14-8-9-16(21)15(20)11-14/h2-9,11H,1,10,12H2,(H,22,26). The van der Waals surface area contributed by atoms with Crippen molar-refractivity contribution in [1.82, 2.24) is 14.8 Å². The number of carbonyl (C=O) groups excluding carboxylic acids is 1. The molecule has 0 aliphatic heterocycles. The van der Waals surface area contributed by atoms with Crippen LogP contribution in [0, 0.1) is 5.82 Å². The molecule has 5 nitrogen and oxygen atoms in total. The van der Waals surface area contributed by atoms with Crippen LogP contribution in [0.5, 0.6) is 0 Å². The normalized spacial score (nSPS) is 10.6. The first kappa shape index (κ1) is 19.1. The van der Waals surface area contributed by atoms with Gasteiger partial charge >= 0.3 is 0 Å². The molecule has 0 saturated heterocycles. The Labute approximate surface area is 165 Å². The van der Waals surface area contributed by atoms with Crippen LogP contribution < -0.4 is 5.32 Å². The van der Waals surface area contributed by atoms with Gasteiger partial charge in [0.15, 0.2) is 11.0 Å². The third-order valence-electron chi connectivity index (χ3n) is 3.60. The van der Waals surface area contributed by atoms with Crippen LogP contribution in [0.2, 0.25) is 5.02 Å². The number of aromatic nitrogens is 3. The molecule has 0 bridgehead atoms. The van der Waals surface area contributed by atoms with Crippen molar-refractivity contribution in [3.63, 3.8) is 0 Å². The van der Waals surface area contributed by atoms with Crippen molar-refractivity contribution in [2.45, 2.75) is 11.7 Å². The van der Waals surface area contributed by atoms with Crippen molar-refractivity contribution in [2.75, 3.05) is 11.1 Å². The fraction of sp³-hybridized carbons (Fsp3) is 0.105. The largest absolute Gasteiger partial charge is 0.325 e. The van der Waals surface area contributed by atoms with E-state index in [2.05, 4.69) is 22.1 Å². The number of thioether (sulfide) groups is 1. The Hall–Kier alpha value is -2.64. The smallest absolute Gasteiger partial charge is 0.234 e. The van der Waals surface area contributed by atoms with E-state index in [9.17, 15) is 9.18 Å². The predicted molar refractivity (Wildman–Crippen MR) is 106 cm³/mol. The first-order valence-corrected chi connectivity index (χ1v) is 9.42. The Morgan fingerprint density at radius 3 is 2.74 bits per heavy atom. The molecule has 3 rings (SSSR count). The van der Waals surface area contributed by atoms with Gasteiger partial charge in [0.2, 0.25) is 5.91 Å². The third-order valence-corrected chi connectivity index (χ3v) is 4.85. The fourth-order valence-corrected chi connectivity index (χ4v) is 3.32. The average Bonchev–Trinajstić information content (AvgIpc) is 3.07. The van der Waals surface area contributed by atoms with Gasteiger partial charge in [-0.15, -0.1) is 16.8 Å². The summed E-state index contributed by atoms with van der Waals surface area (Å²) in [6, 6.07) is 13.7. The lowest BCUT2D eigenvalue weighted by atomic mass is 10.2. The Morgan fingerprint density at radius 1 is 1.26 bits per heavy atom. The van der Waals surface area contributed by atoms with E-state index in [-0.39, 0.29) is 16.7 Å². The lowest BCUT2D eigenvalue weighted by Gasteiger charge is -2.08. The molecule has 8 heteroatoms. The van der Waals surface area contributed by atoms with Gasteiger partial charge in [0.25, 0.3) is 0 Å². The van der Waals surface area contributed by atoms with Crippen LogP contribution in [0.25, 0.3) is 11.4 Å². The summed E-state index contributed by atoms with van der Waals surface area (Å²) in [6.45, 7) is 4.29. The van der Waals surface area contributed by atoms with Crippen molar-refractivity contribution in [3.8, 4) is 11.4 Å². The zero-order valence-corrected chi connectivity index (χ0v) is 15.8. The van der Waals surface area contributed by atoms with E-state index in [0.29, 0.717) is 23.2 Å². The maximum atomic E-state index is 13.2. The van der Waals surface area contributed by atoms with Gasteiger partial charge in [-0.25, -0.2) is 4.39 Å². The van der Waals surface area contributed by atoms with Crippen molar-refractivity contribution < 1.29 is 9.18 Å². The van der Waals surface area contributed by atoms with Crippen LogP contribution in [0.15, 0.2) is 66.3 Å². The molecule has 0 aliphatic carbocycles. The van der Waals surface area contributed by atoms with Gasteiger partial charge in [-0.05, 0) is 18.2 Å². The highest BCUT2D eigenvalue weighted by molar-refractivity contribution is 7.99. The van der Waals surface area contributed by atoms with Crippen molar-refractivity contribution in [3.05, 3.63) is 72.0 Å². The van der Waals surface area contributed by atoms with Crippen LogP contribution >= 0.6 is 23.4 Å². The van der Waals surface area contributed by atoms with Crippen molar-refractivity contribution >= 4 is 35.0 Å². The van der Waals surface area contributed by atoms with Crippen LogP contribution in [-0.2, 0) is 11.3 Å². The summed E-state index contributed by atoms with van der Waals surface area (Å²) in [5, 5.41) is 11.7. The number of nitrogens with zero attached hydrogens (tertiary/aromatic N) is 3. The zero-order chi connectivity index (χ0) is 19.2. The fourth-order valence-electron chi connectivity index (χ4n) is 2.39. The summed E-state index contributed by atoms with van der Waals surface area (Å²) in [5.74, 6) is 0.0508. The number of benzene rings is 2. The lowest BCUT2D eigenvalue weighted by Crippen LogP contribution is -2.14. The monoisotopic (exact) mass is 402 g/mol. The summed E-state index contributed by atoms with van der Waals surface area (Å²) < 4.78 is 15.1. The predicted octanol–water partition coefficient (Wildman–Crippen LogP) is 4.65. The van der Waals surface area contributed by atoms with Crippen molar-refractivity contribution in [2.24, 2.45) is 0 Å². The van der Waals surface area contributed by atoms with Crippen LogP contribution in [0.1, 0.15) is 0 Å². The quantitative estimate of drug-likeness (QED) is 0.461. The van der Waals surface area contributed by atoms with E-state index in [4.69, 9.17) is 11.6 Å². The zero-order valence-electron chi connectivity index (χ0n) is 14.2. The summed E-state index contributed by atoms with van der Waals surface area (Å²) in [5.41, 5.74) is 1.37. The first-order chi connectivity index (χ1) is 13.1. The van der Waals surface area contributed by atoms with Gasteiger partial charge < -0.3 is 5.32 Å². The minimum absolute atomic E-state index is 0.0429. The van der Waals surface area contributed by atoms with Crippen LogP contribution in [-0.4, -0.2) is 26.4 Å². The van der Waals surface area contributed by atoms with Crippen LogP contribution in [0.3, 0.4) is 0 Å². The molecule has 0 unspecified atom stereocenters. The third kappa shape index (κ3) is 4.75. The van der Waals surface area contributed by atoms with E-state index in [1.54, 1.807) is 6.08 Å². The molecular weight excluding hydrogens is 387 g/mol. The van der Waals surface area contributed by atoms with E-state index in [0.717, 1.165) is 5.56 Å². The molecule has 138 valence electrons. The van der Waals surface area contributed by atoms with E-state index >= 15 is 0 Å². The molecule has 2 aromatic carbocycles. The molecule has 27 heavy (non-hydrogen) atoms. The van der Waals surface area contributed by atoms with Gasteiger partial charge in [-0.2, -0.15) is 0 Å². The number of carbonyl (C=O) groups is 1. The number of allylic oxidation sites excluding steroid dienone is 1. The van der Waals surface area contributed by atoms with Gasteiger partial charge in [0.05, 0.1) is 10.8 Å². The van der Waals surface area contributed by atoms with Gasteiger partial charge in [-0.3, -0.25) is 9.36 Å². The van der Waals surface area contributed by atoms with E-state index in [1.807, 2.05) is 34.9 Å². The SMILES string of the molecule is C=CCn1c(SCC(=O)Nc2ccc(F)c(Cl)c2)nnc1-c1ccccc1. The number of halogens is 2. The Morgan fingerprint density at radius 2 is 2.04 bits per heavy atom. The summed E-state index contributed by atoms with van der Waals surface area (Å²) in [4.78, 5) is 12.2. The molecule has 0 aliphatic rings. The summed E-state index contributed by atoms with van der Waals surface area (Å²) in [7, 11) is 0. The molecular formula is C19H16ClFN4OS. The average molecular weight is 403 g/mol. The Bertz CT molecular complexity index is 962. The van der Waals surface area contributed by atoms with Crippen molar-refractivity contribution in [1.29, 1.82) is 0 Å². The Balaban J connectivity index is 1.70. The molecule has 1 N–H and O–H groups in total. The Kier molecular flexibility index (Phi) is 6.26. The van der Waals surface area contributed by atoms with Gasteiger partial charge in [-0.1, -0.05) is 59.8 Å². The van der Waals surface area contributed by atoms with E-state index < -0.39 is 5.82 Å². The number of rotatable bonds is 7. The highest BCUT2D eigenvalue weighted by Crippen LogP contribution is 2.24. The molecule has 0 saturated carbocycles. The molecule has 0 atom stereocenters. The second kappa shape index (κ2) is 8.83.